The van der Waals surface area contributed by atoms with Gasteiger partial charge in [0.1, 0.15) is 5.75 Å². The van der Waals surface area contributed by atoms with Crippen molar-refractivity contribution in [2.24, 2.45) is 11.1 Å². The molecule has 0 amide bonds. The Labute approximate surface area is 94.5 Å². The van der Waals surface area contributed by atoms with Gasteiger partial charge < -0.3 is 9.94 Å². The fourth-order valence-electron chi connectivity index (χ4n) is 1.08. The lowest BCUT2D eigenvalue weighted by molar-refractivity contribution is -0.144. The predicted octanol–water partition coefficient (Wildman–Crippen LogP) is 2.32. The molecule has 0 atom stereocenters. The highest BCUT2D eigenvalue weighted by atomic mass is 16.7. The van der Waals surface area contributed by atoms with E-state index in [1.807, 2.05) is 13.8 Å². The molecule has 0 heterocycles. The lowest BCUT2D eigenvalue weighted by atomic mass is 10.1. The second-order valence-corrected chi connectivity index (χ2v) is 3.89. The Bertz CT molecular complexity index is 368. The first-order valence-electron chi connectivity index (χ1n) is 5.10. The van der Waals surface area contributed by atoms with Crippen LogP contribution in [0.4, 0.5) is 0 Å². The van der Waals surface area contributed by atoms with Gasteiger partial charge in [-0.05, 0) is 35.7 Å². The van der Waals surface area contributed by atoms with Crippen LogP contribution in [0, 0.1) is 5.92 Å². The molecule has 0 saturated carbocycles. The first kappa shape index (κ1) is 12.2. The number of carbonyl (C=O) groups excluding carboxylic acids is 1. The summed E-state index contributed by atoms with van der Waals surface area (Å²) in [6.45, 7) is 3.87. The molecule has 1 rings (SSSR count). The van der Waals surface area contributed by atoms with E-state index in [-0.39, 0.29) is 17.6 Å². The molecule has 0 bridgehead atoms. The van der Waals surface area contributed by atoms with Crippen molar-refractivity contribution in [1.29, 1.82) is 0 Å². The third-order valence-corrected chi connectivity index (χ3v) is 1.82. The third kappa shape index (κ3) is 4.59. The fraction of sp³-hybridized carbons (Fsp3) is 0.333. The molecule has 0 radical (unpaired) electrons. The topological polar surface area (TPSA) is 58.9 Å². The number of aromatic hydroxyl groups is 1. The Morgan fingerprint density at radius 3 is 2.62 bits per heavy atom. The molecule has 0 unspecified atom stereocenters. The third-order valence-electron chi connectivity index (χ3n) is 1.82. The zero-order valence-corrected chi connectivity index (χ0v) is 9.38. The SMILES string of the molecule is CC(C)CC(=O)O/N=C/c1ccc(O)cc1. The standard InChI is InChI=1S/C12H15NO3/c1-9(2)7-12(15)16-13-8-10-3-5-11(14)6-4-10/h3-6,8-9,14H,7H2,1-2H3/b13-8+. The molecule has 0 aliphatic rings. The lowest BCUT2D eigenvalue weighted by Gasteiger charge is -2.00. The van der Waals surface area contributed by atoms with Crippen LogP contribution in [0.15, 0.2) is 29.4 Å². The van der Waals surface area contributed by atoms with Gasteiger partial charge in [0.05, 0.1) is 12.6 Å². The maximum Gasteiger partial charge on any atom is 0.335 e. The smallest absolute Gasteiger partial charge is 0.335 e. The molecule has 1 N–H and O–H groups in total. The molecule has 0 saturated heterocycles. The molecule has 0 aliphatic heterocycles. The number of oxime groups is 1. The largest absolute Gasteiger partial charge is 0.508 e. The average molecular weight is 221 g/mol. The molecular formula is C12H15NO3. The highest BCUT2D eigenvalue weighted by Gasteiger charge is 2.04. The van der Waals surface area contributed by atoms with E-state index in [2.05, 4.69) is 9.99 Å². The fourth-order valence-corrected chi connectivity index (χ4v) is 1.08. The molecular weight excluding hydrogens is 206 g/mol. The minimum Gasteiger partial charge on any atom is -0.508 e. The molecule has 1 aromatic carbocycles. The maximum atomic E-state index is 11.1. The number of phenols is 1. The van der Waals surface area contributed by atoms with Gasteiger partial charge in [0.15, 0.2) is 0 Å². The molecule has 4 nitrogen and oxygen atoms in total. The highest BCUT2D eigenvalue weighted by molar-refractivity contribution is 5.80. The van der Waals surface area contributed by atoms with Gasteiger partial charge in [-0.15, -0.1) is 0 Å². The Morgan fingerprint density at radius 1 is 1.44 bits per heavy atom. The summed E-state index contributed by atoms with van der Waals surface area (Å²) >= 11 is 0. The molecule has 0 spiro atoms. The maximum absolute atomic E-state index is 11.1. The van der Waals surface area contributed by atoms with E-state index < -0.39 is 0 Å². The number of benzene rings is 1. The van der Waals surface area contributed by atoms with Gasteiger partial charge in [0, 0.05) is 0 Å². The van der Waals surface area contributed by atoms with Crippen LogP contribution in [0.1, 0.15) is 25.8 Å². The van der Waals surface area contributed by atoms with E-state index in [0.717, 1.165) is 5.56 Å². The lowest BCUT2D eigenvalue weighted by Crippen LogP contribution is -2.04. The van der Waals surface area contributed by atoms with Crippen LogP contribution >= 0.6 is 0 Å². The molecule has 86 valence electrons. The van der Waals surface area contributed by atoms with Crippen molar-refractivity contribution >= 4 is 12.2 Å². The van der Waals surface area contributed by atoms with Crippen molar-refractivity contribution in [3.05, 3.63) is 29.8 Å². The number of rotatable bonds is 4. The van der Waals surface area contributed by atoms with Crippen molar-refractivity contribution < 1.29 is 14.7 Å². The molecule has 0 aromatic heterocycles. The van der Waals surface area contributed by atoms with Crippen LogP contribution < -0.4 is 0 Å². The summed E-state index contributed by atoms with van der Waals surface area (Å²) in [5.74, 6) is 0.107. The van der Waals surface area contributed by atoms with E-state index in [9.17, 15) is 4.79 Å². The van der Waals surface area contributed by atoms with Crippen LogP contribution in [0.5, 0.6) is 5.75 Å². The number of nitrogens with zero attached hydrogens (tertiary/aromatic N) is 1. The number of carbonyl (C=O) groups is 1. The minimum absolute atomic E-state index is 0.189. The second-order valence-electron chi connectivity index (χ2n) is 3.89. The summed E-state index contributed by atoms with van der Waals surface area (Å²) in [6, 6.07) is 6.43. The minimum atomic E-state index is -0.343. The van der Waals surface area contributed by atoms with Gasteiger partial charge in [0.2, 0.25) is 0 Å². The van der Waals surface area contributed by atoms with Gasteiger partial charge in [0.25, 0.3) is 0 Å². The highest BCUT2D eigenvalue weighted by Crippen LogP contribution is 2.08. The Morgan fingerprint density at radius 2 is 2.06 bits per heavy atom. The number of phenolic OH excluding ortho intramolecular Hbond substituents is 1. The first-order chi connectivity index (χ1) is 7.58. The number of hydrogen-bond donors (Lipinski definition) is 1. The van der Waals surface area contributed by atoms with Gasteiger partial charge in [-0.3, -0.25) is 0 Å². The summed E-state index contributed by atoms with van der Waals surface area (Å²) in [6.07, 6.45) is 1.78. The zero-order chi connectivity index (χ0) is 12.0. The quantitative estimate of drug-likeness (QED) is 0.482. The van der Waals surface area contributed by atoms with Crippen LogP contribution in [-0.2, 0) is 9.63 Å². The van der Waals surface area contributed by atoms with Crippen molar-refractivity contribution in [3.63, 3.8) is 0 Å². The molecule has 1 aromatic rings. The second kappa shape index (κ2) is 5.90. The summed E-state index contributed by atoms with van der Waals surface area (Å²) in [7, 11) is 0. The predicted molar refractivity (Wildman–Crippen MR) is 61.2 cm³/mol. The van der Waals surface area contributed by atoms with E-state index >= 15 is 0 Å². The zero-order valence-electron chi connectivity index (χ0n) is 9.38. The van der Waals surface area contributed by atoms with Crippen LogP contribution in [0.25, 0.3) is 0 Å². The first-order valence-corrected chi connectivity index (χ1v) is 5.10. The van der Waals surface area contributed by atoms with Crippen LogP contribution in [0.2, 0.25) is 0 Å². The molecule has 4 heteroatoms. The Hall–Kier alpha value is -1.84. The summed E-state index contributed by atoms with van der Waals surface area (Å²) in [5, 5.41) is 12.6. The Kier molecular flexibility index (Phi) is 4.51. The molecule has 0 aliphatic carbocycles. The van der Waals surface area contributed by atoms with Crippen molar-refractivity contribution in [2.45, 2.75) is 20.3 Å². The molecule has 16 heavy (non-hydrogen) atoms. The van der Waals surface area contributed by atoms with Crippen molar-refractivity contribution in [3.8, 4) is 5.75 Å². The van der Waals surface area contributed by atoms with Crippen molar-refractivity contribution in [1.82, 2.24) is 0 Å². The summed E-state index contributed by atoms with van der Waals surface area (Å²) in [5.41, 5.74) is 0.759. The van der Waals surface area contributed by atoms with Crippen molar-refractivity contribution in [2.75, 3.05) is 0 Å². The van der Waals surface area contributed by atoms with E-state index in [4.69, 9.17) is 5.11 Å². The molecule has 0 fully saturated rings. The summed E-state index contributed by atoms with van der Waals surface area (Å²) in [4.78, 5) is 15.8. The van der Waals surface area contributed by atoms with Gasteiger partial charge in [-0.2, -0.15) is 0 Å². The monoisotopic (exact) mass is 221 g/mol. The summed E-state index contributed by atoms with van der Waals surface area (Å²) < 4.78 is 0. The van der Waals surface area contributed by atoms with Gasteiger partial charge in [-0.25, -0.2) is 4.79 Å². The van der Waals surface area contributed by atoms with E-state index in [0.29, 0.717) is 6.42 Å². The van der Waals surface area contributed by atoms with Gasteiger partial charge in [-0.1, -0.05) is 19.0 Å². The average Bonchev–Trinajstić information content (AvgIpc) is 2.20. The Balaban J connectivity index is 2.43. The number of hydrogen-bond acceptors (Lipinski definition) is 4. The van der Waals surface area contributed by atoms with E-state index in [1.54, 1.807) is 12.1 Å². The van der Waals surface area contributed by atoms with Crippen LogP contribution in [-0.4, -0.2) is 17.3 Å². The van der Waals surface area contributed by atoms with Gasteiger partial charge >= 0.3 is 5.97 Å². The van der Waals surface area contributed by atoms with Crippen LogP contribution in [0.3, 0.4) is 0 Å². The van der Waals surface area contributed by atoms with E-state index in [1.165, 1.54) is 18.3 Å². The normalized spacial score (nSPS) is 10.9.